The number of carboxylic acids is 1. The zero-order chi connectivity index (χ0) is 15.1. The Labute approximate surface area is 121 Å². The second-order valence-corrected chi connectivity index (χ2v) is 5.62. The van der Waals surface area contributed by atoms with Gasteiger partial charge in [0.25, 0.3) is 0 Å². The fraction of sp³-hybridized carbons (Fsp3) is 0.867. The van der Waals surface area contributed by atoms with Gasteiger partial charge in [0.1, 0.15) is 0 Å². The van der Waals surface area contributed by atoms with E-state index in [0.29, 0.717) is 12.6 Å². The summed E-state index contributed by atoms with van der Waals surface area (Å²) >= 11 is 0. The molecule has 1 heterocycles. The highest BCUT2D eigenvalue weighted by atomic mass is 16.4. The summed E-state index contributed by atoms with van der Waals surface area (Å²) in [5, 5.41) is 8.91. The Kier molecular flexibility index (Phi) is 6.82. The molecule has 1 rings (SSSR count). The zero-order valence-corrected chi connectivity index (χ0v) is 13.0. The van der Waals surface area contributed by atoms with Gasteiger partial charge in [0.15, 0.2) is 0 Å². The van der Waals surface area contributed by atoms with Gasteiger partial charge in [-0.3, -0.25) is 4.79 Å². The monoisotopic (exact) mass is 284 g/mol. The van der Waals surface area contributed by atoms with Gasteiger partial charge in [0, 0.05) is 25.2 Å². The highest BCUT2D eigenvalue weighted by molar-refractivity contribution is 5.76. The maximum absolute atomic E-state index is 12.7. The maximum Gasteiger partial charge on any atom is 0.320 e. The minimum absolute atomic E-state index is 0.00418. The Hall–Kier alpha value is -1.26. The van der Waals surface area contributed by atoms with Gasteiger partial charge in [0.05, 0.1) is 6.42 Å². The number of likely N-dealkylation sites (tertiary alicyclic amines) is 1. The summed E-state index contributed by atoms with van der Waals surface area (Å²) in [5.74, 6) is -0.855. The molecule has 0 spiro atoms. The van der Waals surface area contributed by atoms with Gasteiger partial charge in [-0.2, -0.15) is 0 Å². The molecule has 0 bridgehead atoms. The Morgan fingerprint density at radius 1 is 1.30 bits per heavy atom. The first-order valence-electron chi connectivity index (χ1n) is 7.80. The lowest BCUT2D eigenvalue weighted by atomic mass is 10.1. The van der Waals surface area contributed by atoms with Crippen LogP contribution in [0.15, 0.2) is 0 Å². The molecule has 1 aliphatic heterocycles. The minimum Gasteiger partial charge on any atom is -0.481 e. The lowest BCUT2D eigenvalue weighted by Crippen LogP contribution is -2.51. The molecule has 2 unspecified atom stereocenters. The van der Waals surface area contributed by atoms with Crippen molar-refractivity contribution in [1.29, 1.82) is 0 Å². The lowest BCUT2D eigenvalue weighted by molar-refractivity contribution is -0.138. The smallest absolute Gasteiger partial charge is 0.320 e. The van der Waals surface area contributed by atoms with Crippen molar-refractivity contribution in [2.24, 2.45) is 0 Å². The molecule has 0 saturated carbocycles. The van der Waals surface area contributed by atoms with Gasteiger partial charge in [-0.25, -0.2) is 4.79 Å². The third-order valence-corrected chi connectivity index (χ3v) is 4.18. The number of carboxylic acid groups (broad SMARTS) is 1. The van der Waals surface area contributed by atoms with Gasteiger partial charge in [-0.15, -0.1) is 0 Å². The average molecular weight is 284 g/mol. The third-order valence-electron chi connectivity index (χ3n) is 4.18. The summed E-state index contributed by atoms with van der Waals surface area (Å²) in [6.45, 7) is 7.20. The fourth-order valence-corrected chi connectivity index (χ4v) is 3.02. The van der Waals surface area contributed by atoms with Crippen molar-refractivity contribution in [2.45, 2.75) is 71.4 Å². The molecule has 0 aromatic rings. The van der Waals surface area contributed by atoms with Crippen LogP contribution >= 0.6 is 0 Å². The number of nitrogens with zero attached hydrogens (tertiary/aromatic N) is 2. The van der Waals surface area contributed by atoms with E-state index in [2.05, 4.69) is 6.92 Å². The van der Waals surface area contributed by atoms with Gasteiger partial charge in [-0.05, 0) is 33.1 Å². The van der Waals surface area contributed by atoms with E-state index in [0.717, 1.165) is 25.8 Å². The van der Waals surface area contributed by atoms with E-state index in [1.807, 2.05) is 18.7 Å². The third kappa shape index (κ3) is 4.39. The zero-order valence-electron chi connectivity index (χ0n) is 13.0. The van der Waals surface area contributed by atoms with Crippen molar-refractivity contribution in [3.63, 3.8) is 0 Å². The topological polar surface area (TPSA) is 60.9 Å². The second kappa shape index (κ2) is 8.12. The first kappa shape index (κ1) is 16.8. The highest BCUT2D eigenvalue weighted by Gasteiger charge is 2.30. The number of aliphatic carboxylic acids is 1. The molecule has 0 radical (unpaired) electrons. The van der Waals surface area contributed by atoms with Crippen LogP contribution in [0, 0.1) is 0 Å². The van der Waals surface area contributed by atoms with Crippen molar-refractivity contribution < 1.29 is 14.7 Å². The standard InChI is InChI=1S/C15H28N2O3/c1-4-13-9-7-6-8-10-17(13)15(20)16(5-2)12(3)11-14(18)19/h12-13H,4-11H2,1-3H3,(H,18,19). The van der Waals surface area contributed by atoms with Crippen molar-refractivity contribution in [1.82, 2.24) is 9.80 Å². The van der Waals surface area contributed by atoms with Gasteiger partial charge < -0.3 is 14.9 Å². The van der Waals surface area contributed by atoms with Crippen LogP contribution in [0.2, 0.25) is 0 Å². The second-order valence-electron chi connectivity index (χ2n) is 5.62. The number of rotatable bonds is 5. The Balaban J connectivity index is 2.79. The van der Waals surface area contributed by atoms with Gasteiger partial charge in [-0.1, -0.05) is 19.8 Å². The molecule has 5 heteroatoms. The first-order valence-corrected chi connectivity index (χ1v) is 7.80. The molecule has 2 amide bonds. The number of hydrogen-bond acceptors (Lipinski definition) is 2. The molecule has 0 aromatic carbocycles. The average Bonchev–Trinajstić information content (AvgIpc) is 2.63. The fourth-order valence-electron chi connectivity index (χ4n) is 3.02. The molecule has 116 valence electrons. The van der Waals surface area contributed by atoms with E-state index in [1.54, 1.807) is 4.90 Å². The summed E-state index contributed by atoms with van der Waals surface area (Å²) in [7, 11) is 0. The van der Waals surface area contributed by atoms with Crippen molar-refractivity contribution in [3.8, 4) is 0 Å². The van der Waals surface area contributed by atoms with E-state index in [9.17, 15) is 9.59 Å². The number of carbonyl (C=O) groups is 2. The van der Waals surface area contributed by atoms with Crippen LogP contribution in [0.25, 0.3) is 0 Å². The van der Waals surface area contributed by atoms with E-state index in [4.69, 9.17) is 5.11 Å². The van der Waals surface area contributed by atoms with Crippen LogP contribution in [0.1, 0.15) is 59.3 Å². The van der Waals surface area contributed by atoms with Crippen LogP contribution in [0.5, 0.6) is 0 Å². The van der Waals surface area contributed by atoms with Crippen LogP contribution in [0.3, 0.4) is 0 Å². The number of urea groups is 1. The molecule has 0 aliphatic carbocycles. The van der Waals surface area contributed by atoms with Gasteiger partial charge >= 0.3 is 12.0 Å². The Bertz CT molecular complexity index is 333. The SMILES string of the molecule is CCC1CCCCCN1C(=O)N(CC)C(C)CC(=O)O. The lowest BCUT2D eigenvalue weighted by Gasteiger charge is -2.36. The summed E-state index contributed by atoms with van der Waals surface area (Å²) in [6.07, 6.45) is 5.44. The molecule has 20 heavy (non-hydrogen) atoms. The predicted molar refractivity (Wildman–Crippen MR) is 78.7 cm³/mol. The molecule has 0 aromatic heterocycles. The minimum atomic E-state index is -0.855. The summed E-state index contributed by atoms with van der Waals surface area (Å²) < 4.78 is 0. The van der Waals surface area contributed by atoms with Crippen LogP contribution in [0.4, 0.5) is 4.79 Å². The molecule has 1 N–H and O–H groups in total. The van der Waals surface area contributed by atoms with Crippen LogP contribution in [-0.4, -0.2) is 52.1 Å². The number of amides is 2. The quantitative estimate of drug-likeness (QED) is 0.844. The number of carbonyl (C=O) groups excluding carboxylic acids is 1. The molecule has 1 fully saturated rings. The van der Waals surface area contributed by atoms with Crippen LogP contribution in [-0.2, 0) is 4.79 Å². The van der Waals surface area contributed by atoms with Crippen molar-refractivity contribution >= 4 is 12.0 Å². The Morgan fingerprint density at radius 2 is 2.00 bits per heavy atom. The largest absolute Gasteiger partial charge is 0.481 e. The van der Waals surface area contributed by atoms with Gasteiger partial charge in [0.2, 0.25) is 0 Å². The van der Waals surface area contributed by atoms with E-state index < -0.39 is 5.97 Å². The molecule has 1 aliphatic rings. The molecule has 1 saturated heterocycles. The maximum atomic E-state index is 12.7. The van der Waals surface area contributed by atoms with E-state index >= 15 is 0 Å². The number of hydrogen-bond donors (Lipinski definition) is 1. The van der Waals surface area contributed by atoms with E-state index in [1.165, 1.54) is 12.8 Å². The first-order chi connectivity index (χ1) is 9.51. The Morgan fingerprint density at radius 3 is 2.55 bits per heavy atom. The van der Waals surface area contributed by atoms with Crippen molar-refractivity contribution in [2.75, 3.05) is 13.1 Å². The normalized spacial score (nSPS) is 21.1. The molecule has 2 atom stereocenters. The van der Waals surface area contributed by atoms with Crippen LogP contribution < -0.4 is 0 Å². The predicted octanol–water partition coefficient (Wildman–Crippen LogP) is 2.95. The molecule has 5 nitrogen and oxygen atoms in total. The molecular weight excluding hydrogens is 256 g/mol. The molecular formula is C15H28N2O3. The van der Waals surface area contributed by atoms with E-state index in [-0.39, 0.29) is 18.5 Å². The highest BCUT2D eigenvalue weighted by Crippen LogP contribution is 2.21. The van der Waals surface area contributed by atoms with Crippen molar-refractivity contribution in [3.05, 3.63) is 0 Å². The summed E-state index contributed by atoms with van der Waals surface area (Å²) in [5.41, 5.74) is 0. The summed E-state index contributed by atoms with van der Waals surface area (Å²) in [4.78, 5) is 27.2. The summed E-state index contributed by atoms with van der Waals surface area (Å²) in [6, 6.07) is 0.0526.